The van der Waals surface area contributed by atoms with Crippen LogP contribution in [-0.4, -0.2) is 18.4 Å². The molecule has 0 saturated heterocycles. The fraction of sp³-hybridized carbons (Fsp3) is 0.167. The molecule has 2 aromatic rings. The summed E-state index contributed by atoms with van der Waals surface area (Å²) >= 11 is 5.94. The zero-order valence-corrected chi connectivity index (χ0v) is 14.1. The van der Waals surface area contributed by atoms with E-state index in [-0.39, 0.29) is 18.4 Å². The van der Waals surface area contributed by atoms with E-state index < -0.39 is 0 Å². The molecular weight excluding hydrogens is 326 g/mol. The Morgan fingerprint density at radius 2 is 1.88 bits per heavy atom. The fourth-order valence-electron chi connectivity index (χ4n) is 2.16. The standard InChI is InChI=1S/C18H16ClN3O2/c1-12-3-6-15(19)9-17(12)21-18(24)11-22(13(2)23)16-7-4-14(10-20)5-8-16/h3-9H,11H2,1-2H3,(H,21,24). The normalized spacial score (nSPS) is 9.92. The van der Waals surface area contributed by atoms with E-state index in [1.807, 2.05) is 13.0 Å². The highest BCUT2D eigenvalue weighted by molar-refractivity contribution is 6.31. The lowest BCUT2D eigenvalue weighted by Gasteiger charge is -2.21. The number of hydrogen-bond donors (Lipinski definition) is 1. The van der Waals surface area contributed by atoms with Gasteiger partial charge in [0.05, 0.1) is 11.6 Å². The Hall–Kier alpha value is -2.84. The highest BCUT2D eigenvalue weighted by atomic mass is 35.5. The summed E-state index contributed by atoms with van der Waals surface area (Å²) in [6, 6.07) is 13.7. The zero-order valence-electron chi connectivity index (χ0n) is 13.3. The average molecular weight is 342 g/mol. The SMILES string of the molecule is CC(=O)N(CC(=O)Nc1cc(Cl)ccc1C)c1ccc(C#N)cc1. The zero-order chi connectivity index (χ0) is 17.7. The molecule has 5 nitrogen and oxygen atoms in total. The Balaban J connectivity index is 2.15. The van der Waals surface area contributed by atoms with Gasteiger partial charge in [0.1, 0.15) is 6.54 Å². The molecule has 0 spiro atoms. The first-order valence-electron chi connectivity index (χ1n) is 7.25. The van der Waals surface area contributed by atoms with Crippen LogP contribution in [0, 0.1) is 18.3 Å². The highest BCUT2D eigenvalue weighted by Gasteiger charge is 2.16. The van der Waals surface area contributed by atoms with Crippen molar-refractivity contribution in [3.8, 4) is 6.07 Å². The van der Waals surface area contributed by atoms with Gasteiger partial charge < -0.3 is 10.2 Å². The van der Waals surface area contributed by atoms with Gasteiger partial charge in [-0.05, 0) is 48.9 Å². The lowest BCUT2D eigenvalue weighted by Crippen LogP contribution is -2.36. The van der Waals surface area contributed by atoms with Crippen LogP contribution in [0.4, 0.5) is 11.4 Å². The molecule has 2 aromatic carbocycles. The minimum Gasteiger partial charge on any atom is -0.324 e. The Bertz CT molecular complexity index is 810. The number of carbonyl (C=O) groups is 2. The second-order valence-electron chi connectivity index (χ2n) is 5.27. The first-order valence-corrected chi connectivity index (χ1v) is 7.63. The largest absolute Gasteiger partial charge is 0.324 e. The van der Waals surface area contributed by atoms with Crippen LogP contribution in [0.25, 0.3) is 0 Å². The van der Waals surface area contributed by atoms with Crippen molar-refractivity contribution in [1.82, 2.24) is 0 Å². The van der Waals surface area contributed by atoms with E-state index in [1.54, 1.807) is 42.5 Å². The van der Waals surface area contributed by atoms with Crippen LogP contribution in [0.5, 0.6) is 0 Å². The van der Waals surface area contributed by atoms with Gasteiger partial charge >= 0.3 is 0 Å². The van der Waals surface area contributed by atoms with Crippen molar-refractivity contribution in [2.45, 2.75) is 13.8 Å². The van der Waals surface area contributed by atoms with Gasteiger partial charge in [-0.1, -0.05) is 17.7 Å². The average Bonchev–Trinajstić information content (AvgIpc) is 2.56. The van der Waals surface area contributed by atoms with Gasteiger partial charge in [-0.3, -0.25) is 9.59 Å². The molecule has 24 heavy (non-hydrogen) atoms. The Labute approximate surface area is 145 Å². The van der Waals surface area contributed by atoms with E-state index in [4.69, 9.17) is 16.9 Å². The van der Waals surface area contributed by atoms with Crippen molar-refractivity contribution in [3.05, 3.63) is 58.6 Å². The lowest BCUT2D eigenvalue weighted by molar-refractivity contribution is -0.120. The molecule has 0 fully saturated rings. The number of rotatable bonds is 4. The molecule has 1 N–H and O–H groups in total. The molecule has 122 valence electrons. The van der Waals surface area contributed by atoms with E-state index >= 15 is 0 Å². The van der Waals surface area contributed by atoms with E-state index in [0.29, 0.717) is 22.0 Å². The summed E-state index contributed by atoms with van der Waals surface area (Å²) in [5.41, 5.74) is 2.53. The topological polar surface area (TPSA) is 73.2 Å². The number of halogens is 1. The summed E-state index contributed by atoms with van der Waals surface area (Å²) in [6.07, 6.45) is 0. The van der Waals surface area contributed by atoms with Gasteiger partial charge in [0.25, 0.3) is 0 Å². The summed E-state index contributed by atoms with van der Waals surface area (Å²) in [5.74, 6) is -0.599. The predicted molar refractivity (Wildman–Crippen MR) is 94.0 cm³/mol. The van der Waals surface area contributed by atoms with Gasteiger partial charge in [-0.15, -0.1) is 0 Å². The van der Waals surface area contributed by atoms with E-state index in [2.05, 4.69) is 5.32 Å². The summed E-state index contributed by atoms with van der Waals surface area (Å²) in [4.78, 5) is 25.5. The van der Waals surface area contributed by atoms with Crippen molar-refractivity contribution in [2.24, 2.45) is 0 Å². The lowest BCUT2D eigenvalue weighted by atomic mass is 10.2. The van der Waals surface area contributed by atoms with Crippen molar-refractivity contribution in [1.29, 1.82) is 5.26 Å². The second kappa shape index (κ2) is 7.62. The van der Waals surface area contributed by atoms with E-state index in [0.717, 1.165) is 5.56 Å². The molecule has 2 rings (SSSR count). The number of nitriles is 1. The Morgan fingerprint density at radius 1 is 1.21 bits per heavy atom. The monoisotopic (exact) mass is 341 g/mol. The molecule has 0 atom stereocenters. The fourth-order valence-corrected chi connectivity index (χ4v) is 2.33. The number of carbonyl (C=O) groups excluding carboxylic acids is 2. The molecular formula is C18H16ClN3O2. The number of anilines is 2. The maximum atomic E-state index is 12.3. The highest BCUT2D eigenvalue weighted by Crippen LogP contribution is 2.21. The molecule has 0 heterocycles. The van der Waals surface area contributed by atoms with Crippen LogP contribution in [0.3, 0.4) is 0 Å². The number of nitrogens with zero attached hydrogens (tertiary/aromatic N) is 2. The van der Waals surface area contributed by atoms with Gasteiger partial charge in [0, 0.05) is 23.3 Å². The van der Waals surface area contributed by atoms with Crippen LogP contribution in [-0.2, 0) is 9.59 Å². The Morgan fingerprint density at radius 3 is 2.46 bits per heavy atom. The first kappa shape index (κ1) is 17.5. The third-order valence-corrected chi connectivity index (χ3v) is 3.70. The molecule has 6 heteroatoms. The van der Waals surface area contributed by atoms with Crippen molar-refractivity contribution in [3.63, 3.8) is 0 Å². The van der Waals surface area contributed by atoms with Gasteiger partial charge in [-0.2, -0.15) is 5.26 Å². The van der Waals surface area contributed by atoms with Crippen LogP contribution >= 0.6 is 11.6 Å². The molecule has 0 aliphatic carbocycles. The van der Waals surface area contributed by atoms with Crippen molar-refractivity contribution in [2.75, 3.05) is 16.8 Å². The minimum atomic E-state index is -0.333. The van der Waals surface area contributed by atoms with Crippen LogP contribution in [0.15, 0.2) is 42.5 Å². The predicted octanol–water partition coefficient (Wildman–Crippen LogP) is 3.51. The molecule has 0 radical (unpaired) electrons. The van der Waals surface area contributed by atoms with Crippen molar-refractivity contribution >= 4 is 34.8 Å². The third-order valence-electron chi connectivity index (χ3n) is 3.46. The summed E-state index contributed by atoms with van der Waals surface area (Å²) in [7, 11) is 0. The first-order chi connectivity index (χ1) is 11.4. The Kier molecular flexibility index (Phi) is 5.56. The quantitative estimate of drug-likeness (QED) is 0.924. The van der Waals surface area contributed by atoms with Crippen LogP contribution in [0.1, 0.15) is 18.1 Å². The molecule has 0 unspecified atom stereocenters. The summed E-state index contributed by atoms with van der Waals surface area (Å²) < 4.78 is 0. The molecule has 0 bridgehead atoms. The molecule has 0 aliphatic rings. The number of amides is 2. The smallest absolute Gasteiger partial charge is 0.244 e. The van der Waals surface area contributed by atoms with Gasteiger partial charge in [0.15, 0.2) is 0 Å². The van der Waals surface area contributed by atoms with Crippen LogP contribution < -0.4 is 10.2 Å². The van der Waals surface area contributed by atoms with Gasteiger partial charge in [-0.25, -0.2) is 0 Å². The van der Waals surface area contributed by atoms with E-state index in [1.165, 1.54) is 11.8 Å². The number of benzene rings is 2. The molecule has 0 saturated carbocycles. The number of nitrogens with one attached hydrogen (secondary N) is 1. The minimum absolute atomic E-state index is 0.132. The maximum Gasteiger partial charge on any atom is 0.244 e. The molecule has 0 aromatic heterocycles. The second-order valence-corrected chi connectivity index (χ2v) is 5.71. The van der Waals surface area contributed by atoms with Crippen LogP contribution in [0.2, 0.25) is 5.02 Å². The molecule has 2 amide bonds. The number of hydrogen-bond acceptors (Lipinski definition) is 3. The van der Waals surface area contributed by atoms with Crippen molar-refractivity contribution < 1.29 is 9.59 Å². The summed E-state index contributed by atoms with van der Waals surface area (Å²) in [6.45, 7) is 3.11. The third kappa shape index (κ3) is 4.34. The number of aryl methyl sites for hydroxylation is 1. The molecule has 0 aliphatic heterocycles. The van der Waals surface area contributed by atoms with E-state index in [9.17, 15) is 9.59 Å². The summed E-state index contributed by atoms with van der Waals surface area (Å²) in [5, 5.41) is 12.1. The van der Waals surface area contributed by atoms with Gasteiger partial charge in [0.2, 0.25) is 11.8 Å². The maximum absolute atomic E-state index is 12.3.